The minimum Gasteiger partial charge on any atom is -0.325 e. The number of urea groups is 1. The highest BCUT2D eigenvalue weighted by Gasteiger charge is 2.48. The topological polar surface area (TPSA) is 79.4 Å². The molecule has 3 rings (SSSR count). The van der Waals surface area contributed by atoms with Crippen LogP contribution in [-0.2, 0) is 9.84 Å². The highest BCUT2D eigenvalue weighted by Crippen LogP contribution is 2.39. The number of amides is 2. The van der Waals surface area contributed by atoms with Crippen LogP contribution in [0.2, 0.25) is 0 Å². The van der Waals surface area contributed by atoms with Crippen molar-refractivity contribution in [2.75, 3.05) is 18.4 Å². The van der Waals surface area contributed by atoms with Crippen LogP contribution >= 0.6 is 0 Å². The number of benzene rings is 1. The first-order valence-corrected chi connectivity index (χ1v) is 10.3. The second-order valence-corrected chi connectivity index (χ2v) is 9.16. The Balaban J connectivity index is 1.67. The quantitative estimate of drug-likeness (QED) is 0.836. The number of hydrogen-bond acceptors (Lipinski definition) is 4. The number of likely N-dealkylation sites (tertiary alicyclic amines) is 1. The van der Waals surface area contributed by atoms with Crippen molar-refractivity contribution < 1.29 is 22.0 Å². The summed E-state index contributed by atoms with van der Waals surface area (Å²) in [5.41, 5.74) is 0.540. The first-order chi connectivity index (χ1) is 13.2. The average Bonchev–Trinajstić information content (AvgIpc) is 2.68. The standard InChI is InChI=1S/C19H21F2N3O3S/c1-19(21,28(26,27)17-6-2-4-15(20)12-17)14-7-10-24(11-8-14)18(25)23-16-5-3-9-22-13-16/h2-6,9,12-14H,7-8,10-11H2,1H3,(H,23,25). The molecule has 9 heteroatoms. The van der Waals surface area contributed by atoms with Crippen molar-refractivity contribution >= 4 is 21.6 Å². The number of carbonyl (C=O) groups excluding carboxylic acids is 1. The number of pyridine rings is 1. The van der Waals surface area contributed by atoms with Crippen LogP contribution in [0.15, 0.2) is 53.7 Å². The van der Waals surface area contributed by atoms with Gasteiger partial charge in [0.05, 0.1) is 16.8 Å². The van der Waals surface area contributed by atoms with Gasteiger partial charge >= 0.3 is 6.03 Å². The van der Waals surface area contributed by atoms with E-state index in [-0.39, 0.29) is 36.9 Å². The van der Waals surface area contributed by atoms with Crippen molar-refractivity contribution in [1.82, 2.24) is 9.88 Å². The smallest absolute Gasteiger partial charge is 0.321 e. The fraction of sp³-hybridized carbons (Fsp3) is 0.368. The number of halogens is 2. The molecule has 2 heterocycles. The van der Waals surface area contributed by atoms with E-state index in [0.717, 1.165) is 19.1 Å². The van der Waals surface area contributed by atoms with Gasteiger partial charge in [0.25, 0.3) is 0 Å². The molecule has 1 saturated heterocycles. The first kappa shape index (κ1) is 20.2. The third kappa shape index (κ3) is 3.99. The van der Waals surface area contributed by atoms with Gasteiger partial charge in [-0.1, -0.05) is 6.07 Å². The van der Waals surface area contributed by atoms with Crippen molar-refractivity contribution in [3.05, 3.63) is 54.6 Å². The molecule has 28 heavy (non-hydrogen) atoms. The molecule has 1 aromatic carbocycles. The molecule has 2 amide bonds. The lowest BCUT2D eigenvalue weighted by Gasteiger charge is -2.37. The highest BCUT2D eigenvalue weighted by molar-refractivity contribution is 7.92. The van der Waals surface area contributed by atoms with Gasteiger partial charge in [0.2, 0.25) is 14.8 Å². The first-order valence-electron chi connectivity index (χ1n) is 8.87. The second-order valence-electron chi connectivity index (χ2n) is 6.88. The van der Waals surface area contributed by atoms with Crippen molar-refractivity contribution in [1.29, 1.82) is 0 Å². The number of sulfone groups is 1. The third-order valence-corrected chi connectivity index (χ3v) is 7.31. The molecule has 1 atom stereocenters. The van der Waals surface area contributed by atoms with E-state index >= 15 is 4.39 Å². The second kappa shape index (κ2) is 7.83. The molecule has 2 aromatic rings. The zero-order valence-electron chi connectivity index (χ0n) is 15.3. The molecule has 0 saturated carbocycles. The Kier molecular flexibility index (Phi) is 5.64. The molecular weight excluding hydrogens is 388 g/mol. The van der Waals surface area contributed by atoms with Gasteiger partial charge in [0.15, 0.2) is 0 Å². The lowest BCUT2D eigenvalue weighted by molar-refractivity contribution is 0.117. The Morgan fingerprint density at radius 3 is 2.57 bits per heavy atom. The van der Waals surface area contributed by atoms with Gasteiger partial charge in [-0.05, 0) is 50.1 Å². The molecule has 1 aliphatic heterocycles. The van der Waals surface area contributed by atoms with Crippen LogP contribution in [0.25, 0.3) is 0 Å². The number of piperidine rings is 1. The number of carbonyl (C=O) groups is 1. The van der Waals surface area contributed by atoms with Gasteiger partial charge in [-0.3, -0.25) is 4.98 Å². The maximum Gasteiger partial charge on any atom is 0.321 e. The van der Waals surface area contributed by atoms with Crippen LogP contribution in [0.3, 0.4) is 0 Å². The molecule has 1 aliphatic rings. The van der Waals surface area contributed by atoms with Crippen LogP contribution in [0, 0.1) is 11.7 Å². The van der Waals surface area contributed by atoms with Crippen molar-refractivity contribution in [2.24, 2.45) is 5.92 Å². The maximum absolute atomic E-state index is 15.4. The lowest BCUT2D eigenvalue weighted by Crippen LogP contribution is -2.48. The molecule has 1 unspecified atom stereocenters. The van der Waals surface area contributed by atoms with E-state index in [1.54, 1.807) is 18.3 Å². The molecule has 6 nitrogen and oxygen atoms in total. The van der Waals surface area contributed by atoms with Crippen molar-refractivity contribution in [3.63, 3.8) is 0 Å². The Labute approximate surface area is 162 Å². The van der Waals surface area contributed by atoms with Crippen LogP contribution < -0.4 is 5.32 Å². The number of nitrogens with zero attached hydrogens (tertiary/aromatic N) is 2. The summed E-state index contributed by atoms with van der Waals surface area (Å²) < 4.78 is 54.3. The molecule has 1 N–H and O–H groups in total. The van der Waals surface area contributed by atoms with Crippen LogP contribution in [0.1, 0.15) is 19.8 Å². The summed E-state index contributed by atoms with van der Waals surface area (Å²) in [6, 6.07) is 7.39. The summed E-state index contributed by atoms with van der Waals surface area (Å²) in [7, 11) is -4.38. The Morgan fingerprint density at radius 2 is 1.96 bits per heavy atom. The number of rotatable bonds is 4. The van der Waals surface area contributed by atoms with Crippen molar-refractivity contribution in [3.8, 4) is 0 Å². The zero-order valence-corrected chi connectivity index (χ0v) is 16.1. The highest BCUT2D eigenvalue weighted by atomic mass is 32.2. The van der Waals surface area contributed by atoms with E-state index in [1.165, 1.54) is 23.2 Å². The molecular formula is C19H21F2N3O3S. The largest absolute Gasteiger partial charge is 0.325 e. The van der Waals surface area contributed by atoms with Gasteiger partial charge in [0.1, 0.15) is 5.82 Å². The Morgan fingerprint density at radius 1 is 1.25 bits per heavy atom. The normalized spacial score (nSPS) is 17.8. The number of nitrogens with one attached hydrogen (secondary N) is 1. The molecule has 0 aliphatic carbocycles. The number of anilines is 1. The fourth-order valence-electron chi connectivity index (χ4n) is 3.32. The fourth-order valence-corrected chi connectivity index (χ4v) is 4.98. The summed E-state index contributed by atoms with van der Waals surface area (Å²) in [5.74, 6) is -1.54. The average molecular weight is 409 g/mol. The molecule has 150 valence electrons. The number of hydrogen-bond donors (Lipinski definition) is 1. The number of alkyl halides is 1. The van der Waals surface area contributed by atoms with E-state index in [0.29, 0.717) is 5.69 Å². The van der Waals surface area contributed by atoms with Gasteiger partial charge < -0.3 is 10.2 Å². The third-order valence-electron chi connectivity index (χ3n) is 5.06. The van der Waals surface area contributed by atoms with Crippen LogP contribution in [-0.4, -0.2) is 42.4 Å². The summed E-state index contributed by atoms with van der Waals surface area (Å²) >= 11 is 0. The Bertz CT molecular complexity index is 944. The van der Waals surface area contributed by atoms with Crippen LogP contribution in [0.4, 0.5) is 19.3 Å². The summed E-state index contributed by atoms with van der Waals surface area (Å²) in [6.07, 6.45) is 3.46. The van der Waals surface area contributed by atoms with Gasteiger partial charge in [-0.25, -0.2) is 22.0 Å². The van der Waals surface area contributed by atoms with Gasteiger partial charge in [-0.15, -0.1) is 0 Å². The van der Waals surface area contributed by atoms with Crippen molar-refractivity contribution in [2.45, 2.75) is 29.7 Å². The molecule has 1 fully saturated rings. The van der Waals surface area contributed by atoms with E-state index in [1.807, 2.05) is 0 Å². The summed E-state index contributed by atoms with van der Waals surface area (Å²) in [5, 5.41) is 0.136. The van der Waals surface area contributed by atoms with Crippen LogP contribution in [0.5, 0.6) is 0 Å². The predicted molar refractivity (Wildman–Crippen MR) is 101 cm³/mol. The van der Waals surface area contributed by atoms with E-state index in [2.05, 4.69) is 10.3 Å². The monoisotopic (exact) mass is 409 g/mol. The summed E-state index contributed by atoms with van der Waals surface area (Å²) in [6.45, 7) is 1.45. The van der Waals surface area contributed by atoms with Gasteiger partial charge in [-0.2, -0.15) is 0 Å². The van der Waals surface area contributed by atoms with E-state index in [4.69, 9.17) is 0 Å². The molecule has 0 radical (unpaired) electrons. The van der Waals surface area contributed by atoms with E-state index < -0.39 is 26.6 Å². The predicted octanol–water partition coefficient (Wildman–Crippen LogP) is 3.62. The SMILES string of the molecule is CC(F)(C1CCN(C(=O)Nc2cccnc2)CC1)S(=O)(=O)c1cccc(F)c1. The minimum atomic E-state index is -4.38. The minimum absolute atomic E-state index is 0.183. The maximum atomic E-state index is 15.4. The Hall–Kier alpha value is -2.55. The summed E-state index contributed by atoms with van der Waals surface area (Å²) in [4.78, 5) is 17.4. The van der Waals surface area contributed by atoms with Gasteiger partial charge in [0, 0.05) is 25.2 Å². The molecule has 1 aromatic heterocycles. The number of aromatic nitrogens is 1. The molecule has 0 bridgehead atoms. The lowest BCUT2D eigenvalue weighted by atomic mass is 9.92. The molecule has 0 spiro atoms. The zero-order chi connectivity index (χ0) is 20.4. The van der Waals surface area contributed by atoms with E-state index in [9.17, 15) is 17.6 Å².